The van der Waals surface area contributed by atoms with E-state index in [0.29, 0.717) is 37.0 Å². The van der Waals surface area contributed by atoms with E-state index in [1.807, 2.05) is 24.3 Å². The molecular formula is C27H38N8O3. The largest absolute Gasteiger partial charge is 0.388 e. The molecule has 0 spiro atoms. The van der Waals surface area contributed by atoms with E-state index in [1.165, 1.54) is 54.3 Å². The van der Waals surface area contributed by atoms with Crippen LogP contribution in [0.1, 0.15) is 32.1 Å². The van der Waals surface area contributed by atoms with Gasteiger partial charge in [-0.15, -0.1) is 0 Å². The fourth-order valence-corrected chi connectivity index (χ4v) is 5.38. The quantitative estimate of drug-likeness (QED) is 0.488. The molecule has 0 saturated carbocycles. The van der Waals surface area contributed by atoms with Gasteiger partial charge in [-0.2, -0.15) is 5.10 Å². The van der Waals surface area contributed by atoms with E-state index in [2.05, 4.69) is 20.3 Å². The topological polar surface area (TPSA) is 112 Å². The van der Waals surface area contributed by atoms with Crippen LogP contribution in [0.5, 0.6) is 0 Å². The summed E-state index contributed by atoms with van der Waals surface area (Å²) in [5.41, 5.74) is 1.04. The number of likely N-dealkylation sites (tertiary alicyclic amines) is 2. The molecule has 0 radical (unpaired) electrons. The van der Waals surface area contributed by atoms with Gasteiger partial charge in [0.1, 0.15) is 11.7 Å². The van der Waals surface area contributed by atoms with Crippen molar-refractivity contribution in [2.75, 3.05) is 58.7 Å². The molecule has 5 rings (SSSR count). The van der Waals surface area contributed by atoms with Gasteiger partial charge in [0.25, 0.3) is 5.56 Å². The number of nitrogens with one attached hydrogen (secondary N) is 1. The number of hydrogen-bond donors (Lipinski definition) is 2. The monoisotopic (exact) mass is 522 g/mol. The third kappa shape index (κ3) is 5.68. The van der Waals surface area contributed by atoms with Crippen molar-refractivity contribution in [1.82, 2.24) is 34.0 Å². The van der Waals surface area contributed by atoms with E-state index >= 15 is 0 Å². The lowest BCUT2D eigenvalue weighted by molar-refractivity contribution is -0.0282. The molecule has 1 aromatic carbocycles. The number of hydrogen-bond acceptors (Lipinski definition) is 7. The molecule has 38 heavy (non-hydrogen) atoms. The third-order valence-corrected chi connectivity index (χ3v) is 7.68. The predicted octanol–water partition coefficient (Wildman–Crippen LogP) is 1.99. The minimum Gasteiger partial charge on any atom is -0.388 e. The minimum absolute atomic E-state index is 0.0685. The zero-order chi connectivity index (χ0) is 26.7. The van der Waals surface area contributed by atoms with Crippen LogP contribution in [0.15, 0.2) is 41.6 Å². The number of carbonyl (C=O) groups excluding carboxylic acids is 1. The van der Waals surface area contributed by atoms with Crippen LogP contribution in [0, 0.1) is 0 Å². The maximum atomic E-state index is 13.2. The Bertz CT molecular complexity index is 1300. The molecule has 0 aliphatic carbocycles. The summed E-state index contributed by atoms with van der Waals surface area (Å²) in [4.78, 5) is 35.7. The molecule has 11 heteroatoms. The normalized spacial score (nSPS) is 18.0. The molecular weight excluding hydrogens is 484 g/mol. The highest BCUT2D eigenvalue weighted by atomic mass is 16.3. The van der Waals surface area contributed by atoms with Crippen LogP contribution in [0.25, 0.3) is 16.7 Å². The van der Waals surface area contributed by atoms with Crippen molar-refractivity contribution < 1.29 is 9.90 Å². The summed E-state index contributed by atoms with van der Waals surface area (Å²) in [6.07, 6.45) is 7.75. The summed E-state index contributed by atoms with van der Waals surface area (Å²) in [5, 5.41) is 19.5. The molecule has 2 aliphatic rings. The van der Waals surface area contributed by atoms with E-state index < -0.39 is 5.60 Å². The number of piperidine rings is 2. The van der Waals surface area contributed by atoms with Crippen molar-refractivity contribution in [2.45, 2.75) is 44.2 Å². The molecule has 2 amide bonds. The maximum Gasteiger partial charge on any atom is 0.319 e. The molecule has 0 unspecified atom stereocenters. The standard InChI is InChI=1S/C27H38N8O3/c1-31(2)26(37)33-15-10-27(38,11-16-33)19-34-20-29-24-23(25(34)36)18-30-35(24)22-8-6-21(7-9-22)28-12-17-32-13-4-3-5-14-32/h6-9,18,20,28,38H,3-5,10-17,19H2,1-2H3. The van der Waals surface area contributed by atoms with Crippen LogP contribution in [0.2, 0.25) is 0 Å². The van der Waals surface area contributed by atoms with Crippen molar-refractivity contribution in [2.24, 2.45) is 0 Å². The van der Waals surface area contributed by atoms with Crippen molar-refractivity contribution in [1.29, 1.82) is 0 Å². The van der Waals surface area contributed by atoms with Gasteiger partial charge in [0, 0.05) is 46.0 Å². The van der Waals surface area contributed by atoms with E-state index in [-0.39, 0.29) is 18.1 Å². The highest BCUT2D eigenvalue weighted by Gasteiger charge is 2.35. The van der Waals surface area contributed by atoms with Gasteiger partial charge < -0.3 is 25.1 Å². The van der Waals surface area contributed by atoms with Gasteiger partial charge in [0.2, 0.25) is 0 Å². The molecule has 2 fully saturated rings. The van der Waals surface area contributed by atoms with Gasteiger partial charge in [0.15, 0.2) is 5.65 Å². The molecule has 204 valence electrons. The summed E-state index contributed by atoms with van der Waals surface area (Å²) >= 11 is 0. The molecule has 2 saturated heterocycles. The number of nitrogens with zero attached hydrogens (tertiary/aromatic N) is 7. The van der Waals surface area contributed by atoms with E-state index in [4.69, 9.17) is 0 Å². The summed E-state index contributed by atoms with van der Waals surface area (Å²) in [6.45, 7) is 5.35. The first-order chi connectivity index (χ1) is 18.3. The number of aromatic nitrogens is 4. The molecule has 2 aliphatic heterocycles. The van der Waals surface area contributed by atoms with Crippen molar-refractivity contribution in [3.8, 4) is 5.69 Å². The average molecular weight is 523 g/mol. The SMILES string of the molecule is CN(C)C(=O)N1CCC(O)(Cn2cnc3c(cnn3-c3ccc(NCCN4CCCCC4)cc3)c2=O)CC1. The molecule has 2 aromatic heterocycles. The summed E-state index contributed by atoms with van der Waals surface area (Å²) < 4.78 is 3.12. The Morgan fingerprint density at radius 3 is 2.47 bits per heavy atom. The number of aliphatic hydroxyl groups is 1. The summed E-state index contributed by atoms with van der Waals surface area (Å²) in [7, 11) is 3.43. The van der Waals surface area contributed by atoms with Crippen LogP contribution in [-0.2, 0) is 6.54 Å². The smallest absolute Gasteiger partial charge is 0.319 e. The summed E-state index contributed by atoms with van der Waals surface area (Å²) in [5.74, 6) is 0. The van der Waals surface area contributed by atoms with Gasteiger partial charge in [-0.05, 0) is 63.0 Å². The van der Waals surface area contributed by atoms with E-state index in [0.717, 1.165) is 24.5 Å². The van der Waals surface area contributed by atoms with Crippen molar-refractivity contribution in [3.05, 3.63) is 47.1 Å². The highest BCUT2D eigenvalue weighted by Crippen LogP contribution is 2.25. The Hall–Kier alpha value is -3.44. The molecule has 11 nitrogen and oxygen atoms in total. The Balaban J connectivity index is 1.23. The first kappa shape index (κ1) is 26.2. The number of amides is 2. The third-order valence-electron chi connectivity index (χ3n) is 7.68. The number of carbonyl (C=O) groups is 1. The van der Waals surface area contributed by atoms with Gasteiger partial charge in [-0.25, -0.2) is 14.5 Å². The zero-order valence-electron chi connectivity index (χ0n) is 22.3. The van der Waals surface area contributed by atoms with Gasteiger partial charge in [-0.3, -0.25) is 9.36 Å². The molecule has 0 bridgehead atoms. The zero-order valence-corrected chi connectivity index (χ0v) is 22.3. The lowest BCUT2D eigenvalue weighted by Crippen LogP contribution is -2.51. The van der Waals surface area contributed by atoms with Gasteiger partial charge in [0.05, 0.1) is 24.0 Å². The maximum absolute atomic E-state index is 13.2. The second kappa shape index (κ2) is 11.1. The Labute approximate surface area is 222 Å². The molecule has 2 N–H and O–H groups in total. The van der Waals surface area contributed by atoms with E-state index in [9.17, 15) is 14.7 Å². The second-order valence-corrected chi connectivity index (χ2v) is 10.7. The van der Waals surface area contributed by atoms with Gasteiger partial charge >= 0.3 is 6.03 Å². The number of fused-ring (bicyclic) bond motifs is 1. The van der Waals surface area contributed by atoms with Crippen LogP contribution < -0.4 is 10.9 Å². The number of benzene rings is 1. The highest BCUT2D eigenvalue weighted by molar-refractivity contribution is 5.75. The minimum atomic E-state index is -1.07. The Kier molecular flexibility index (Phi) is 7.66. The fourth-order valence-electron chi connectivity index (χ4n) is 5.38. The van der Waals surface area contributed by atoms with E-state index in [1.54, 1.807) is 23.7 Å². The van der Waals surface area contributed by atoms with Crippen LogP contribution in [0.3, 0.4) is 0 Å². The molecule has 3 aromatic rings. The number of anilines is 1. The second-order valence-electron chi connectivity index (χ2n) is 10.7. The lowest BCUT2D eigenvalue weighted by atomic mass is 9.91. The average Bonchev–Trinajstić information content (AvgIpc) is 3.36. The first-order valence-electron chi connectivity index (χ1n) is 13.5. The fraction of sp³-hybridized carbons (Fsp3) is 0.556. The van der Waals surface area contributed by atoms with Crippen LogP contribution in [-0.4, -0.2) is 104 Å². The van der Waals surface area contributed by atoms with Crippen LogP contribution in [0.4, 0.5) is 10.5 Å². The number of rotatable bonds is 7. The first-order valence-corrected chi connectivity index (χ1v) is 13.5. The van der Waals surface area contributed by atoms with Crippen molar-refractivity contribution >= 4 is 22.8 Å². The molecule has 0 atom stereocenters. The molecule has 4 heterocycles. The van der Waals surface area contributed by atoms with Gasteiger partial charge in [-0.1, -0.05) is 6.42 Å². The number of urea groups is 1. The Morgan fingerprint density at radius 2 is 1.79 bits per heavy atom. The predicted molar refractivity (Wildman–Crippen MR) is 147 cm³/mol. The lowest BCUT2D eigenvalue weighted by Gasteiger charge is -2.39. The van der Waals surface area contributed by atoms with Crippen molar-refractivity contribution in [3.63, 3.8) is 0 Å². The Morgan fingerprint density at radius 1 is 1.08 bits per heavy atom. The van der Waals surface area contributed by atoms with Crippen LogP contribution >= 0.6 is 0 Å². The summed E-state index contributed by atoms with van der Waals surface area (Å²) in [6, 6.07) is 7.90.